The van der Waals surface area contributed by atoms with Crippen molar-refractivity contribution in [3.05, 3.63) is 29.8 Å². The lowest BCUT2D eigenvalue weighted by Gasteiger charge is -2.19. The van der Waals surface area contributed by atoms with Crippen LogP contribution in [0.15, 0.2) is 24.3 Å². The molecule has 0 bridgehead atoms. The maximum Gasteiger partial charge on any atom is 0.573 e. The number of halogens is 3. The number of likely N-dealkylation sites (tertiary alicyclic amines) is 1. The number of nitrogens with zero attached hydrogens (tertiary/aromatic N) is 2. The van der Waals surface area contributed by atoms with E-state index in [2.05, 4.69) is 4.74 Å². The predicted molar refractivity (Wildman–Crippen MR) is 62.8 cm³/mol. The van der Waals surface area contributed by atoms with Gasteiger partial charge in [0.2, 0.25) is 0 Å². The topological polar surface area (TPSA) is 53.3 Å². The lowest BCUT2D eigenvalue weighted by Crippen LogP contribution is -2.34. The normalized spacial score (nSPS) is 18.7. The van der Waals surface area contributed by atoms with Gasteiger partial charge in [-0.2, -0.15) is 5.26 Å². The maximum absolute atomic E-state index is 12.1. The van der Waals surface area contributed by atoms with E-state index in [9.17, 15) is 18.0 Å². The van der Waals surface area contributed by atoms with E-state index in [-0.39, 0.29) is 17.2 Å². The molecule has 1 saturated heterocycles. The molecule has 1 amide bonds. The lowest BCUT2D eigenvalue weighted by atomic mass is 10.1. The van der Waals surface area contributed by atoms with Gasteiger partial charge in [-0.15, -0.1) is 13.2 Å². The Labute approximate surface area is 113 Å². The monoisotopic (exact) mass is 284 g/mol. The van der Waals surface area contributed by atoms with Gasteiger partial charge in [-0.05, 0) is 37.1 Å². The quantitative estimate of drug-likeness (QED) is 0.839. The van der Waals surface area contributed by atoms with Crippen LogP contribution in [0.1, 0.15) is 23.2 Å². The van der Waals surface area contributed by atoms with Crippen LogP contribution in [0.2, 0.25) is 0 Å². The van der Waals surface area contributed by atoms with Gasteiger partial charge in [-0.3, -0.25) is 4.79 Å². The Bertz CT molecular complexity index is 534. The van der Waals surface area contributed by atoms with Crippen LogP contribution < -0.4 is 4.74 Å². The Kier molecular flexibility index (Phi) is 3.84. The number of hydrogen-bond donors (Lipinski definition) is 0. The Hall–Kier alpha value is -2.23. The molecular formula is C13H11F3N2O2. The Morgan fingerprint density at radius 2 is 2.00 bits per heavy atom. The van der Waals surface area contributed by atoms with E-state index in [1.54, 1.807) is 0 Å². The van der Waals surface area contributed by atoms with Gasteiger partial charge in [0.15, 0.2) is 0 Å². The summed E-state index contributed by atoms with van der Waals surface area (Å²) in [5, 5.41) is 8.92. The minimum absolute atomic E-state index is 0.238. The van der Waals surface area contributed by atoms with Crippen molar-refractivity contribution in [2.24, 2.45) is 0 Å². The van der Waals surface area contributed by atoms with Crippen LogP contribution in [0.5, 0.6) is 5.75 Å². The zero-order chi connectivity index (χ0) is 14.8. The van der Waals surface area contributed by atoms with Gasteiger partial charge in [0.1, 0.15) is 11.8 Å². The third-order valence-corrected chi connectivity index (χ3v) is 3.00. The highest BCUT2D eigenvalue weighted by atomic mass is 19.4. The molecule has 1 aliphatic heterocycles. The fourth-order valence-electron chi connectivity index (χ4n) is 2.11. The molecule has 1 unspecified atom stereocenters. The fourth-order valence-corrected chi connectivity index (χ4v) is 2.11. The third kappa shape index (κ3) is 3.20. The number of hydrogen-bond acceptors (Lipinski definition) is 3. The van der Waals surface area contributed by atoms with Gasteiger partial charge in [0.25, 0.3) is 5.91 Å². The van der Waals surface area contributed by atoms with E-state index in [0.717, 1.165) is 18.6 Å². The van der Waals surface area contributed by atoms with Gasteiger partial charge in [-0.25, -0.2) is 0 Å². The highest BCUT2D eigenvalue weighted by Gasteiger charge is 2.32. The molecule has 0 spiro atoms. The Balaban J connectivity index is 2.10. The third-order valence-electron chi connectivity index (χ3n) is 3.00. The SMILES string of the molecule is N#CC1CCCN1C(=O)c1ccc(OC(F)(F)F)cc1. The highest BCUT2D eigenvalue weighted by Crippen LogP contribution is 2.24. The predicted octanol–water partition coefficient (Wildman–Crippen LogP) is 2.71. The molecule has 0 aliphatic carbocycles. The minimum atomic E-state index is -4.76. The van der Waals surface area contributed by atoms with E-state index in [0.29, 0.717) is 13.0 Å². The van der Waals surface area contributed by atoms with Crippen molar-refractivity contribution in [1.82, 2.24) is 4.90 Å². The highest BCUT2D eigenvalue weighted by molar-refractivity contribution is 5.94. The molecule has 2 rings (SSSR count). The first-order chi connectivity index (χ1) is 9.40. The molecule has 7 heteroatoms. The van der Waals surface area contributed by atoms with Crippen LogP contribution in [-0.4, -0.2) is 29.8 Å². The van der Waals surface area contributed by atoms with Crippen molar-refractivity contribution < 1.29 is 22.7 Å². The summed E-state index contributed by atoms with van der Waals surface area (Å²) >= 11 is 0. The molecule has 1 fully saturated rings. The second kappa shape index (κ2) is 5.41. The number of alkyl halides is 3. The number of benzene rings is 1. The van der Waals surface area contributed by atoms with Gasteiger partial charge in [-0.1, -0.05) is 0 Å². The van der Waals surface area contributed by atoms with Gasteiger partial charge in [0, 0.05) is 12.1 Å². The number of amides is 1. The summed E-state index contributed by atoms with van der Waals surface area (Å²) in [6.07, 6.45) is -3.39. The van der Waals surface area contributed by atoms with Crippen molar-refractivity contribution in [3.8, 4) is 11.8 Å². The first-order valence-corrected chi connectivity index (χ1v) is 5.97. The zero-order valence-corrected chi connectivity index (χ0v) is 10.4. The first kappa shape index (κ1) is 14.2. The van der Waals surface area contributed by atoms with E-state index in [1.165, 1.54) is 17.0 Å². The molecule has 20 heavy (non-hydrogen) atoms. The summed E-state index contributed by atoms with van der Waals surface area (Å²) in [4.78, 5) is 13.6. The summed E-state index contributed by atoms with van der Waals surface area (Å²) in [6, 6.07) is 6.26. The van der Waals surface area contributed by atoms with Crippen LogP contribution in [-0.2, 0) is 0 Å². The second-order valence-corrected chi connectivity index (χ2v) is 4.36. The van der Waals surface area contributed by atoms with Crippen LogP contribution >= 0.6 is 0 Å². The molecule has 4 nitrogen and oxygen atoms in total. The van der Waals surface area contributed by atoms with Crippen LogP contribution in [0.3, 0.4) is 0 Å². The maximum atomic E-state index is 12.1. The molecule has 1 heterocycles. The lowest BCUT2D eigenvalue weighted by molar-refractivity contribution is -0.274. The van der Waals surface area contributed by atoms with Crippen molar-refractivity contribution in [2.75, 3.05) is 6.54 Å². The first-order valence-electron chi connectivity index (χ1n) is 5.97. The summed E-state index contributed by atoms with van der Waals surface area (Å²) in [5.74, 6) is -0.736. The van der Waals surface area contributed by atoms with Crippen LogP contribution in [0, 0.1) is 11.3 Å². The average molecular weight is 284 g/mol. The Morgan fingerprint density at radius 1 is 1.35 bits per heavy atom. The van der Waals surface area contributed by atoms with Gasteiger partial charge in [0.05, 0.1) is 6.07 Å². The van der Waals surface area contributed by atoms with Crippen molar-refractivity contribution >= 4 is 5.91 Å². The molecule has 1 aromatic rings. The minimum Gasteiger partial charge on any atom is -0.406 e. The van der Waals surface area contributed by atoms with Crippen molar-refractivity contribution in [3.63, 3.8) is 0 Å². The molecule has 1 atom stereocenters. The second-order valence-electron chi connectivity index (χ2n) is 4.36. The van der Waals surface area contributed by atoms with Crippen molar-refractivity contribution in [1.29, 1.82) is 5.26 Å². The number of rotatable bonds is 2. The number of nitriles is 1. The van der Waals surface area contributed by atoms with E-state index < -0.39 is 12.4 Å². The molecule has 1 aromatic carbocycles. The molecule has 0 radical (unpaired) electrons. The summed E-state index contributed by atoms with van der Waals surface area (Å²) < 4.78 is 39.8. The number of carbonyl (C=O) groups excluding carboxylic acids is 1. The zero-order valence-electron chi connectivity index (χ0n) is 10.4. The van der Waals surface area contributed by atoms with Crippen molar-refractivity contribution in [2.45, 2.75) is 25.2 Å². The van der Waals surface area contributed by atoms with E-state index >= 15 is 0 Å². The Morgan fingerprint density at radius 3 is 2.55 bits per heavy atom. The molecular weight excluding hydrogens is 273 g/mol. The molecule has 0 saturated carbocycles. The van der Waals surface area contributed by atoms with Gasteiger partial charge >= 0.3 is 6.36 Å². The fraction of sp³-hybridized carbons (Fsp3) is 0.385. The summed E-state index contributed by atoms with van der Waals surface area (Å²) in [7, 11) is 0. The molecule has 0 N–H and O–H groups in total. The average Bonchev–Trinajstić information content (AvgIpc) is 2.85. The van der Waals surface area contributed by atoms with Crippen LogP contribution in [0.25, 0.3) is 0 Å². The van der Waals surface area contributed by atoms with Gasteiger partial charge < -0.3 is 9.64 Å². The van der Waals surface area contributed by atoms with E-state index in [1.807, 2.05) is 6.07 Å². The molecule has 0 aromatic heterocycles. The standard InChI is InChI=1S/C13H11F3N2O2/c14-13(15,16)20-11-5-3-9(4-6-11)12(19)18-7-1-2-10(18)8-17/h3-6,10H,1-2,7H2. The van der Waals surface area contributed by atoms with Crippen LogP contribution in [0.4, 0.5) is 13.2 Å². The summed E-state index contributed by atoms with van der Waals surface area (Å²) in [5.41, 5.74) is 0.238. The largest absolute Gasteiger partial charge is 0.573 e. The summed E-state index contributed by atoms with van der Waals surface area (Å²) in [6.45, 7) is 0.484. The number of ether oxygens (including phenoxy) is 1. The smallest absolute Gasteiger partial charge is 0.406 e. The molecule has 106 valence electrons. The molecule has 1 aliphatic rings. The van der Waals surface area contributed by atoms with E-state index in [4.69, 9.17) is 5.26 Å². The number of carbonyl (C=O) groups is 1.